The lowest BCUT2D eigenvalue weighted by Gasteiger charge is -2.31. The van der Waals surface area contributed by atoms with Crippen LogP contribution in [0, 0.1) is 5.92 Å². The third-order valence-corrected chi connectivity index (χ3v) is 4.53. The van der Waals surface area contributed by atoms with E-state index >= 15 is 0 Å². The molecule has 2 fully saturated rings. The van der Waals surface area contributed by atoms with Gasteiger partial charge in [0, 0.05) is 32.3 Å². The Morgan fingerprint density at radius 2 is 2.09 bits per heavy atom. The van der Waals surface area contributed by atoms with Gasteiger partial charge in [-0.2, -0.15) is 0 Å². The quantitative estimate of drug-likeness (QED) is 0.651. The lowest BCUT2D eigenvalue weighted by molar-refractivity contribution is -0.117. The van der Waals surface area contributed by atoms with Crippen LogP contribution in [-0.2, 0) is 9.53 Å². The molecule has 2 aliphatic heterocycles. The molecule has 1 amide bonds. The molecule has 1 aromatic rings. The van der Waals surface area contributed by atoms with Gasteiger partial charge in [0.2, 0.25) is 0 Å². The van der Waals surface area contributed by atoms with E-state index in [-0.39, 0.29) is 5.76 Å². The van der Waals surface area contributed by atoms with Gasteiger partial charge in [-0.1, -0.05) is 0 Å². The maximum Gasteiger partial charge on any atom is 0.295 e. The van der Waals surface area contributed by atoms with Crippen LogP contribution in [0.3, 0.4) is 0 Å². The second-order valence-electron chi connectivity index (χ2n) is 6.01. The number of carbonyl (C=O) groups excluding carboxylic acids is 2. The van der Waals surface area contributed by atoms with Crippen molar-refractivity contribution >= 4 is 11.7 Å². The van der Waals surface area contributed by atoms with E-state index in [2.05, 4.69) is 10.2 Å². The van der Waals surface area contributed by atoms with Crippen LogP contribution >= 0.6 is 0 Å². The monoisotopic (exact) mass is 306 g/mol. The highest BCUT2D eigenvalue weighted by molar-refractivity contribution is 6.42. The number of carbonyl (C=O) groups is 2. The van der Waals surface area contributed by atoms with Crippen molar-refractivity contribution in [1.82, 2.24) is 10.2 Å². The minimum atomic E-state index is -0.607. The Hall–Kier alpha value is -1.66. The molecule has 0 spiro atoms. The molecule has 1 atom stereocenters. The Morgan fingerprint density at radius 3 is 2.82 bits per heavy atom. The number of ether oxygens (including phenoxy) is 1. The average molecular weight is 306 g/mol. The molecule has 0 aliphatic carbocycles. The molecule has 3 rings (SSSR count). The number of nitrogens with zero attached hydrogens (tertiary/aromatic N) is 1. The second-order valence-corrected chi connectivity index (χ2v) is 6.01. The number of amides is 1. The zero-order chi connectivity index (χ0) is 15.4. The van der Waals surface area contributed by atoms with Gasteiger partial charge in [0.05, 0.1) is 6.26 Å². The molecule has 2 aliphatic rings. The highest BCUT2D eigenvalue weighted by Gasteiger charge is 2.30. The number of nitrogens with one attached hydrogen (secondary N) is 1. The summed E-state index contributed by atoms with van der Waals surface area (Å²) < 4.78 is 10.4. The highest BCUT2D eigenvalue weighted by Crippen LogP contribution is 2.23. The first-order chi connectivity index (χ1) is 10.7. The summed E-state index contributed by atoms with van der Waals surface area (Å²) in [7, 11) is 0. The van der Waals surface area contributed by atoms with Gasteiger partial charge in [-0.15, -0.1) is 0 Å². The van der Waals surface area contributed by atoms with Crippen LogP contribution in [0.25, 0.3) is 0 Å². The number of hydrogen-bond acceptors (Lipinski definition) is 5. The molecule has 6 nitrogen and oxygen atoms in total. The number of likely N-dealkylation sites (tertiary alicyclic amines) is 1. The SMILES string of the molecule is O=C(NC[C@@H]1CCN(C2CCOCC2)C1)C(=O)c1ccco1. The van der Waals surface area contributed by atoms with Crippen LogP contribution < -0.4 is 5.32 Å². The molecule has 0 bridgehead atoms. The van der Waals surface area contributed by atoms with Gasteiger partial charge in [-0.25, -0.2) is 0 Å². The Bertz CT molecular complexity index is 508. The van der Waals surface area contributed by atoms with Gasteiger partial charge in [-0.05, 0) is 43.9 Å². The molecular formula is C16H22N2O4. The summed E-state index contributed by atoms with van der Waals surface area (Å²) in [5.74, 6) is -0.687. The van der Waals surface area contributed by atoms with Crippen LogP contribution in [-0.4, -0.2) is 55.5 Å². The fraction of sp³-hybridized carbons (Fsp3) is 0.625. The highest BCUT2D eigenvalue weighted by atomic mass is 16.5. The molecule has 0 unspecified atom stereocenters. The van der Waals surface area contributed by atoms with Gasteiger partial charge in [0.15, 0.2) is 5.76 Å². The maximum atomic E-state index is 11.8. The summed E-state index contributed by atoms with van der Waals surface area (Å²) in [5.41, 5.74) is 0. The van der Waals surface area contributed by atoms with E-state index in [9.17, 15) is 9.59 Å². The molecule has 0 radical (unpaired) electrons. The van der Waals surface area contributed by atoms with E-state index in [0.29, 0.717) is 18.5 Å². The third kappa shape index (κ3) is 3.56. The summed E-state index contributed by atoms with van der Waals surface area (Å²) >= 11 is 0. The normalized spacial score (nSPS) is 23.5. The Kier molecular flexibility index (Phi) is 4.90. The number of rotatable bonds is 5. The molecule has 0 saturated carbocycles. The van der Waals surface area contributed by atoms with Crippen molar-refractivity contribution in [3.8, 4) is 0 Å². The molecule has 0 aromatic carbocycles. The van der Waals surface area contributed by atoms with Crippen molar-refractivity contribution in [3.63, 3.8) is 0 Å². The number of hydrogen-bond donors (Lipinski definition) is 1. The van der Waals surface area contributed by atoms with Gasteiger partial charge in [-0.3, -0.25) is 14.5 Å². The fourth-order valence-electron chi connectivity index (χ4n) is 3.25. The smallest absolute Gasteiger partial charge is 0.295 e. The summed E-state index contributed by atoms with van der Waals surface area (Å²) in [4.78, 5) is 26.1. The molecule has 6 heteroatoms. The van der Waals surface area contributed by atoms with Gasteiger partial charge >= 0.3 is 0 Å². The van der Waals surface area contributed by atoms with Crippen LogP contribution in [0.1, 0.15) is 29.8 Å². The minimum absolute atomic E-state index is 0.0905. The Labute approximate surface area is 129 Å². The lowest BCUT2D eigenvalue weighted by atomic mass is 10.1. The van der Waals surface area contributed by atoms with Crippen molar-refractivity contribution in [3.05, 3.63) is 24.2 Å². The van der Waals surface area contributed by atoms with Gasteiger partial charge < -0.3 is 14.5 Å². The largest absolute Gasteiger partial charge is 0.461 e. The van der Waals surface area contributed by atoms with Crippen LogP contribution in [0.5, 0.6) is 0 Å². The molecule has 1 N–H and O–H groups in total. The van der Waals surface area contributed by atoms with Crippen molar-refractivity contribution in [2.45, 2.75) is 25.3 Å². The van der Waals surface area contributed by atoms with E-state index in [0.717, 1.165) is 45.6 Å². The maximum absolute atomic E-state index is 11.8. The first-order valence-corrected chi connectivity index (χ1v) is 7.92. The third-order valence-electron chi connectivity index (χ3n) is 4.53. The molecule has 3 heterocycles. The summed E-state index contributed by atoms with van der Waals surface area (Å²) in [6.07, 6.45) is 4.64. The van der Waals surface area contributed by atoms with E-state index in [1.165, 1.54) is 12.3 Å². The van der Waals surface area contributed by atoms with Crippen LogP contribution in [0.15, 0.2) is 22.8 Å². The van der Waals surface area contributed by atoms with E-state index in [1.807, 2.05) is 0 Å². The number of Topliss-reactive ketones (excluding diaryl/α,β-unsaturated/α-hetero) is 1. The first-order valence-electron chi connectivity index (χ1n) is 7.92. The lowest BCUT2D eigenvalue weighted by Crippen LogP contribution is -2.39. The van der Waals surface area contributed by atoms with Gasteiger partial charge in [0.1, 0.15) is 0 Å². The van der Waals surface area contributed by atoms with Gasteiger partial charge in [0.25, 0.3) is 11.7 Å². The molecule has 120 valence electrons. The van der Waals surface area contributed by atoms with Crippen molar-refractivity contribution in [2.24, 2.45) is 5.92 Å². The Morgan fingerprint density at radius 1 is 1.27 bits per heavy atom. The van der Waals surface area contributed by atoms with Crippen molar-refractivity contribution < 1.29 is 18.7 Å². The standard InChI is InChI=1S/C16H22N2O4/c19-15(14-2-1-7-22-14)16(20)17-10-12-3-6-18(11-12)13-4-8-21-9-5-13/h1-2,7,12-13H,3-6,8-11H2,(H,17,20)/t12-/m0/s1. The second kappa shape index (κ2) is 7.07. The number of furan rings is 1. The minimum Gasteiger partial charge on any atom is -0.461 e. The predicted molar refractivity (Wildman–Crippen MR) is 79.6 cm³/mol. The molecular weight excluding hydrogens is 284 g/mol. The first kappa shape index (κ1) is 15.2. The number of ketones is 1. The molecule has 22 heavy (non-hydrogen) atoms. The predicted octanol–water partition coefficient (Wildman–Crippen LogP) is 1.08. The zero-order valence-electron chi connectivity index (χ0n) is 12.6. The van der Waals surface area contributed by atoms with E-state index < -0.39 is 11.7 Å². The van der Waals surface area contributed by atoms with Crippen molar-refractivity contribution in [1.29, 1.82) is 0 Å². The molecule has 2 saturated heterocycles. The summed E-state index contributed by atoms with van der Waals surface area (Å²) in [6, 6.07) is 3.72. The summed E-state index contributed by atoms with van der Waals surface area (Å²) in [6.45, 7) is 4.29. The van der Waals surface area contributed by atoms with E-state index in [4.69, 9.17) is 9.15 Å². The molecule has 1 aromatic heterocycles. The average Bonchev–Trinajstić information content (AvgIpc) is 3.24. The van der Waals surface area contributed by atoms with Crippen LogP contribution in [0.2, 0.25) is 0 Å². The summed E-state index contributed by atoms with van der Waals surface area (Å²) in [5, 5.41) is 2.74. The topological polar surface area (TPSA) is 71.8 Å². The zero-order valence-corrected chi connectivity index (χ0v) is 12.6. The van der Waals surface area contributed by atoms with Crippen molar-refractivity contribution in [2.75, 3.05) is 32.8 Å². The van der Waals surface area contributed by atoms with E-state index in [1.54, 1.807) is 6.07 Å². The van der Waals surface area contributed by atoms with Crippen LogP contribution in [0.4, 0.5) is 0 Å². The fourth-order valence-corrected chi connectivity index (χ4v) is 3.25. The Balaban J connectivity index is 1.42.